The van der Waals surface area contributed by atoms with E-state index in [2.05, 4.69) is 15.6 Å². The Morgan fingerprint density at radius 1 is 1.05 bits per heavy atom. The first-order valence-electron chi connectivity index (χ1n) is 12.2. The number of aromatic nitrogens is 3. The zero-order chi connectivity index (χ0) is 25.8. The lowest BCUT2D eigenvalue weighted by atomic mass is 10.1. The van der Waals surface area contributed by atoms with Gasteiger partial charge in [0, 0.05) is 37.7 Å². The first-order valence-corrected chi connectivity index (χ1v) is 12.2. The highest BCUT2D eigenvalue weighted by Gasteiger charge is 2.30. The van der Waals surface area contributed by atoms with Crippen molar-refractivity contribution in [3.63, 3.8) is 0 Å². The van der Waals surface area contributed by atoms with Crippen LogP contribution < -0.4 is 24.3 Å². The number of nitrogens with zero attached hydrogens (tertiary/aromatic N) is 4. The minimum Gasteiger partial charge on any atom is -0.493 e. The summed E-state index contributed by atoms with van der Waals surface area (Å²) in [6.45, 7) is 2.01. The van der Waals surface area contributed by atoms with E-state index >= 15 is 0 Å². The van der Waals surface area contributed by atoms with Gasteiger partial charge in [-0.2, -0.15) is 0 Å². The van der Waals surface area contributed by atoms with Gasteiger partial charge in [-0.15, -0.1) is 5.10 Å². The molecule has 11 nitrogen and oxygen atoms in total. The Kier molecular flexibility index (Phi) is 7.11. The molecule has 37 heavy (non-hydrogen) atoms. The molecule has 3 heterocycles. The van der Waals surface area contributed by atoms with Gasteiger partial charge in [-0.1, -0.05) is 11.3 Å². The Balaban J connectivity index is 1.44. The molecule has 0 radical (unpaired) electrons. The Hall–Kier alpha value is -4.28. The van der Waals surface area contributed by atoms with Crippen LogP contribution in [0.4, 0.5) is 0 Å². The molecule has 2 aliphatic rings. The van der Waals surface area contributed by atoms with Crippen LogP contribution in [0.3, 0.4) is 0 Å². The van der Waals surface area contributed by atoms with Gasteiger partial charge >= 0.3 is 0 Å². The van der Waals surface area contributed by atoms with Crippen molar-refractivity contribution in [2.75, 3.05) is 33.9 Å². The van der Waals surface area contributed by atoms with Gasteiger partial charge in [0.05, 0.1) is 32.6 Å². The van der Waals surface area contributed by atoms with E-state index in [1.807, 2.05) is 0 Å². The smallest absolute Gasteiger partial charge is 0.255 e. The molecule has 1 unspecified atom stereocenters. The van der Waals surface area contributed by atoms with Crippen LogP contribution in [0.25, 0.3) is 0 Å². The van der Waals surface area contributed by atoms with Gasteiger partial charge in [0.15, 0.2) is 23.0 Å². The standard InChI is InChI=1S/C26H29N5O6/c1-34-21-8-7-17-13-23(21)37-16-19-15-31(29-28-19)10-4-12-36-24-20(5-3-6-22(24)35-2)25(32)27-18-9-11-30(14-18)26(17)33/h3,5-8,13,15,18H,4,9-12,14,16H2,1-2H3,(H,27,32). The fourth-order valence-electron chi connectivity index (χ4n) is 4.50. The molecule has 2 aliphatic heterocycles. The van der Waals surface area contributed by atoms with E-state index in [1.54, 1.807) is 59.3 Å². The number of methoxy groups -OCH3 is 2. The van der Waals surface area contributed by atoms with Crippen LogP contribution >= 0.6 is 0 Å². The summed E-state index contributed by atoms with van der Waals surface area (Å²) in [4.78, 5) is 28.2. The third-order valence-corrected chi connectivity index (χ3v) is 6.40. The highest BCUT2D eigenvalue weighted by molar-refractivity contribution is 5.98. The first kappa shape index (κ1) is 24.4. The third-order valence-electron chi connectivity index (χ3n) is 6.40. The molecule has 1 saturated heterocycles. The quantitative estimate of drug-likeness (QED) is 0.562. The molecule has 11 heteroatoms. The lowest BCUT2D eigenvalue weighted by Crippen LogP contribution is -2.38. The summed E-state index contributed by atoms with van der Waals surface area (Å²) in [5, 5.41) is 11.4. The van der Waals surface area contributed by atoms with E-state index < -0.39 is 0 Å². The van der Waals surface area contributed by atoms with E-state index in [4.69, 9.17) is 18.9 Å². The molecule has 2 amide bonds. The number of carbonyl (C=O) groups is 2. The van der Waals surface area contributed by atoms with Crippen molar-refractivity contribution in [1.82, 2.24) is 25.2 Å². The maximum absolute atomic E-state index is 13.3. The van der Waals surface area contributed by atoms with Crippen molar-refractivity contribution in [1.29, 1.82) is 0 Å². The van der Waals surface area contributed by atoms with Crippen molar-refractivity contribution in [3.8, 4) is 23.0 Å². The number of benzene rings is 2. The van der Waals surface area contributed by atoms with Crippen LogP contribution in [-0.4, -0.2) is 71.7 Å². The second kappa shape index (κ2) is 10.8. The highest BCUT2D eigenvalue weighted by atomic mass is 16.5. The molecule has 6 bridgehead atoms. The average molecular weight is 508 g/mol. The number of amides is 2. The molecular formula is C26H29N5O6. The number of para-hydroxylation sites is 1. The molecule has 0 aliphatic carbocycles. The summed E-state index contributed by atoms with van der Waals surface area (Å²) in [6, 6.07) is 10.1. The van der Waals surface area contributed by atoms with Gasteiger partial charge in [0.2, 0.25) is 0 Å². The number of fused-ring (bicyclic) bond motifs is 7. The minimum absolute atomic E-state index is 0.144. The summed E-state index contributed by atoms with van der Waals surface area (Å²) < 4.78 is 24.5. The van der Waals surface area contributed by atoms with Crippen molar-refractivity contribution in [2.45, 2.75) is 32.0 Å². The molecule has 0 spiro atoms. The fraction of sp³-hybridized carbons (Fsp3) is 0.385. The monoisotopic (exact) mass is 507 g/mol. The predicted molar refractivity (Wildman–Crippen MR) is 132 cm³/mol. The van der Waals surface area contributed by atoms with Gasteiger partial charge in [0.1, 0.15) is 12.3 Å². The van der Waals surface area contributed by atoms with Crippen molar-refractivity contribution >= 4 is 11.8 Å². The lowest BCUT2D eigenvalue weighted by Gasteiger charge is -2.19. The van der Waals surface area contributed by atoms with E-state index in [0.29, 0.717) is 78.9 Å². The SMILES string of the molecule is COc1ccc2cc1OCc1cn(nn1)CCCOc1c(OC)cccc1C(=O)NC1CCN(C1)C2=O. The summed E-state index contributed by atoms with van der Waals surface area (Å²) in [7, 11) is 3.09. The number of ether oxygens (including phenoxy) is 4. The normalized spacial score (nSPS) is 18.2. The topological polar surface area (TPSA) is 117 Å². The predicted octanol–water partition coefficient (Wildman–Crippen LogP) is 2.30. The zero-order valence-electron chi connectivity index (χ0n) is 20.8. The minimum atomic E-state index is -0.274. The van der Waals surface area contributed by atoms with E-state index in [0.717, 1.165) is 0 Å². The second-order valence-electron chi connectivity index (χ2n) is 8.88. The Morgan fingerprint density at radius 3 is 2.76 bits per heavy atom. The van der Waals surface area contributed by atoms with Crippen LogP contribution in [0.1, 0.15) is 39.3 Å². The van der Waals surface area contributed by atoms with Crippen molar-refractivity contribution in [2.24, 2.45) is 0 Å². The molecule has 1 atom stereocenters. The third kappa shape index (κ3) is 5.30. The van der Waals surface area contributed by atoms with Gasteiger partial charge in [-0.25, -0.2) is 0 Å². The molecule has 5 rings (SSSR count). The number of nitrogens with one attached hydrogen (secondary N) is 1. The van der Waals surface area contributed by atoms with Crippen molar-refractivity contribution < 1.29 is 28.5 Å². The molecule has 2 aromatic carbocycles. The Labute approximate surface area is 214 Å². The number of hydrogen-bond acceptors (Lipinski definition) is 8. The fourth-order valence-corrected chi connectivity index (χ4v) is 4.50. The van der Waals surface area contributed by atoms with Crippen LogP contribution in [-0.2, 0) is 13.2 Å². The van der Waals surface area contributed by atoms with Crippen LogP contribution in [0.15, 0.2) is 42.6 Å². The molecule has 0 saturated carbocycles. The molecule has 194 valence electrons. The largest absolute Gasteiger partial charge is 0.493 e. The van der Waals surface area contributed by atoms with Gasteiger partial charge in [-0.05, 0) is 36.8 Å². The number of carbonyl (C=O) groups excluding carboxylic acids is 2. The van der Waals surface area contributed by atoms with Gasteiger partial charge in [0.25, 0.3) is 11.8 Å². The Morgan fingerprint density at radius 2 is 1.92 bits per heavy atom. The Bertz CT molecular complexity index is 1290. The van der Waals surface area contributed by atoms with Crippen LogP contribution in [0.5, 0.6) is 23.0 Å². The van der Waals surface area contributed by atoms with E-state index in [1.165, 1.54) is 7.11 Å². The maximum atomic E-state index is 13.3. The number of rotatable bonds is 2. The number of hydrogen-bond donors (Lipinski definition) is 1. The molecule has 3 aromatic rings. The van der Waals surface area contributed by atoms with Gasteiger partial charge < -0.3 is 29.2 Å². The highest BCUT2D eigenvalue weighted by Crippen LogP contribution is 2.32. The lowest BCUT2D eigenvalue weighted by molar-refractivity contribution is 0.0782. The van der Waals surface area contributed by atoms with Gasteiger partial charge in [-0.3, -0.25) is 14.3 Å². The maximum Gasteiger partial charge on any atom is 0.255 e. The van der Waals surface area contributed by atoms with Crippen molar-refractivity contribution in [3.05, 3.63) is 59.4 Å². The first-order chi connectivity index (χ1) is 18.1. The molecular weight excluding hydrogens is 478 g/mol. The summed E-state index contributed by atoms with van der Waals surface area (Å²) in [5.74, 6) is 1.41. The van der Waals surface area contributed by atoms with Crippen LogP contribution in [0, 0.1) is 0 Å². The van der Waals surface area contributed by atoms with E-state index in [9.17, 15) is 9.59 Å². The molecule has 1 aromatic heterocycles. The van der Waals surface area contributed by atoms with E-state index in [-0.39, 0.29) is 24.5 Å². The summed E-state index contributed by atoms with van der Waals surface area (Å²) in [6.07, 6.45) is 3.08. The van der Waals surface area contributed by atoms with Crippen LogP contribution in [0.2, 0.25) is 0 Å². The average Bonchev–Trinajstić information content (AvgIpc) is 3.58. The summed E-state index contributed by atoms with van der Waals surface area (Å²) >= 11 is 0. The number of aryl methyl sites for hydroxylation is 1. The molecule has 1 fully saturated rings. The molecule has 1 N–H and O–H groups in total. The summed E-state index contributed by atoms with van der Waals surface area (Å²) in [5.41, 5.74) is 1.50. The second-order valence-corrected chi connectivity index (χ2v) is 8.88. The zero-order valence-corrected chi connectivity index (χ0v) is 20.8.